The fraction of sp³-hybridized carbons (Fsp3) is 0.583. The highest BCUT2D eigenvalue weighted by molar-refractivity contribution is 9.10. The fourth-order valence-corrected chi connectivity index (χ4v) is 3.48. The zero-order valence-electron chi connectivity index (χ0n) is 11.8. The molecule has 0 aliphatic rings. The molecule has 0 bridgehead atoms. The molecule has 1 heterocycles. The van der Waals surface area contributed by atoms with E-state index in [9.17, 15) is 8.42 Å². The molecule has 0 amide bonds. The van der Waals surface area contributed by atoms with Crippen molar-refractivity contribution in [1.82, 2.24) is 9.71 Å². The molecule has 8 heteroatoms. The van der Waals surface area contributed by atoms with Crippen LogP contribution in [0.15, 0.2) is 21.6 Å². The van der Waals surface area contributed by atoms with Gasteiger partial charge in [-0.2, -0.15) is 0 Å². The number of rotatable bonds is 8. The fourth-order valence-electron chi connectivity index (χ4n) is 1.61. The van der Waals surface area contributed by atoms with E-state index in [1.165, 1.54) is 13.2 Å². The van der Waals surface area contributed by atoms with Crippen molar-refractivity contribution in [3.8, 4) is 0 Å². The molecule has 0 aliphatic carbocycles. The lowest BCUT2D eigenvalue weighted by Crippen LogP contribution is -2.36. The Bertz CT molecular complexity index is 537. The van der Waals surface area contributed by atoms with Crippen molar-refractivity contribution in [2.75, 3.05) is 25.6 Å². The predicted molar refractivity (Wildman–Crippen MR) is 82.4 cm³/mol. The third-order valence-electron chi connectivity index (χ3n) is 2.42. The van der Waals surface area contributed by atoms with Gasteiger partial charge in [0.25, 0.3) is 0 Å². The molecular formula is C12H20BrN3O3S. The van der Waals surface area contributed by atoms with Crippen LogP contribution in [0.5, 0.6) is 0 Å². The number of anilines is 1. The molecule has 20 heavy (non-hydrogen) atoms. The molecule has 1 unspecified atom stereocenters. The van der Waals surface area contributed by atoms with Gasteiger partial charge in [-0.1, -0.05) is 6.92 Å². The minimum atomic E-state index is -3.65. The second-order valence-corrected chi connectivity index (χ2v) is 7.00. The standard InChI is InChI=1S/C12H20BrN3O3S/c1-4-5-14-12-11(6-10(13)7-15-12)20(17,18)16-9(2)8-19-3/h6-7,9,16H,4-5,8H2,1-3H3,(H,14,15). The minimum Gasteiger partial charge on any atom is -0.383 e. The Morgan fingerprint density at radius 3 is 2.80 bits per heavy atom. The van der Waals surface area contributed by atoms with E-state index in [4.69, 9.17) is 4.74 Å². The van der Waals surface area contributed by atoms with Gasteiger partial charge in [0.15, 0.2) is 0 Å². The molecule has 0 saturated carbocycles. The number of nitrogens with one attached hydrogen (secondary N) is 2. The summed E-state index contributed by atoms with van der Waals surface area (Å²) < 4.78 is 32.9. The molecule has 0 fully saturated rings. The normalized spacial score (nSPS) is 13.2. The molecule has 2 N–H and O–H groups in total. The first kappa shape index (κ1) is 17.4. The maximum Gasteiger partial charge on any atom is 0.244 e. The van der Waals surface area contributed by atoms with Crippen molar-refractivity contribution in [2.45, 2.75) is 31.2 Å². The van der Waals surface area contributed by atoms with Gasteiger partial charge in [-0.15, -0.1) is 0 Å². The SMILES string of the molecule is CCCNc1ncc(Br)cc1S(=O)(=O)NC(C)COC. The Balaban J connectivity index is 3.05. The van der Waals surface area contributed by atoms with Crippen LogP contribution in [0.4, 0.5) is 5.82 Å². The monoisotopic (exact) mass is 365 g/mol. The van der Waals surface area contributed by atoms with E-state index >= 15 is 0 Å². The van der Waals surface area contributed by atoms with Crippen LogP contribution in [0, 0.1) is 0 Å². The molecule has 1 aromatic rings. The van der Waals surface area contributed by atoms with Gasteiger partial charge >= 0.3 is 0 Å². The molecule has 1 atom stereocenters. The Kier molecular flexibility index (Phi) is 6.87. The summed E-state index contributed by atoms with van der Waals surface area (Å²) in [4.78, 5) is 4.25. The van der Waals surface area contributed by atoms with Crippen LogP contribution < -0.4 is 10.0 Å². The number of nitrogens with zero attached hydrogens (tertiary/aromatic N) is 1. The highest BCUT2D eigenvalue weighted by Gasteiger charge is 2.22. The molecule has 0 saturated heterocycles. The molecule has 0 spiro atoms. The molecule has 1 rings (SSSR count). The lowest BCUT2D eigenvalue weighted by atomic mass is 10.4. The van der Waals surface area contributed by atoms with E-state index < -0.39 is 10.0 Å². The molecule has 1 aromatic heterocycles. The van der Waals surface area contributed by atoms with Gasteiger partial charge in [0.05, 0.1) is 6.61 Å². The summed E-state index contributed by atoms with van der Waals surface area (Å²) >= 11 is 3.25. The summed E-state index contributed by atoms with van der Waals surface area (Å²) in [6.45, 7) is 4.70. The second-order valence-electron chi connectivity index (χ2n) is 4.40. The molecule has 0 radical (unpaired) electrons. The lowest BCUT2D eigenvalue weighted by molar-refractivity contribution is 0.180. The summed E-state index contributed by atoms with van der Waals surface area (Å²) in [6, 6.07) is 1.22. The first-order chi connectivity index (χ1) is 9.40. The zero-order valence-corrected chi connectivity index (χ0v) is 14.2. The number of halogens is 1. The number of hydrogen-bond acceptors (Lipinski definition) is 5. The number of sulfonamides is 1. The van der Waals surface area contributed by atoms with Crippen molar-refractivity contribution in [3.05, 3.63) is 16.7 Å². The third kappa shape index (κ3) is 5.01. The topological polar surface area (TPSA) is 80.3 Å². The molecular weight excluding hydrogens is 346 g/mol. The number of pyridine rings is 1. The van der Waals surface area contributed by atoms with Gasteiger partial charge in [-0.3, -0.25) is 0 Å². The summed E-state index contributed by atoms with van der Waals surface area (Å²) in [6.07, 6.45) is 2.44. The van der Waals surface area contributed by atoms with E-state index in [1.54, 1.807) is 13.1 Å². The predicted octanol–water partition coefficient (Wildman–Crippen LogP) is 1.98. The second kappa shape index (κ2) is 7.92. The first-order valence-electron chi connectivity index (χ1n) is 6.31. The van der Waals surface area contributed by atoms with Crippen molar-refractivity contribution in [3.63, 3.8) is 0 Å². The van der Waals surface area contributed by atoms with Crippen molar-refractivity contribution in [1.29, 1.82) is 0 Å². The average molecular weight is 366 g/mol. The third-order valence-corrected chi connectivity index (χ3v) is 4.46. The summed E-state index contributed by atoms with van der Waals surface area (Å²) in [5, 5.41) is 3.02. The van der Waals surface area contributed by atoms with Crippen LogP contribution in [0.2, 0.25) is 0 Å². The zero-order chi connectivity index (χ0) is 15.2. The van der Waals surface area contributed by atoms with E-state index in [1.807, 2.05) is 6.92 Å². The maximum atomic E-state index is 12.4. The van der Waals surface area contributed by atoms with Crippen molar-refractivity contribution < 1.29 is 13.2 Å². The van der Waals surface area contributed by atoms with Gasteiger partial charge in [0.1, 0.15) is 10.7 Å². The Morgan fingerprint density at radius 1 is 1.50 bits per heavy atom. The quantitative estimate of drug-likeness (QED) is 0.736. The van der Waals surface area contributed by atoms with Crippen LogP contribution in [0.3, 0.4) is 0 Å². The largest absolute Gasteiger partial charge is 0.383 e. The summed E-state index contributed by atoms with van der Waals surface area (Å²) in [7, 11) is -2.12. The minimum absolute atomic E-state index is 0.128. The first-order valence-corrected chi connectivity index (χ1v) is 8.59. The van der Waals surface area contributed by atoms with Crippen molar-refractivity contribution in [2.24, 2.45) is 0 Å². The van der Waals surface area contributed by atoms with Crippen LogP contribution in [0.1, 0.15) is 20.3 Å². The van der Waals surface area contributed by atoms with E-state index in [-0.39, 0.29) is 10.9 Å². The van der Waals surface area contributed by atoms with Gasteiger partial charge in [-0.05, 0) is 35.3 Å². The Hall–Kier alpha value is -0.700. The number of ether oxygens (including phenoxy) is 1. The van der Waals surface area contributed by atoms with Crippen LogP contribution in [-0.2, 0) is 14.8 Å². The van der Waals surface area contributed by atoms with E-state index in [0.717, 1.165) is 6.42 Å². The lowest BCUT2D eigenvalue weighted by Gasteiger charge is -2.16. The van der Waals surface area contributed by atoms with E-state index in [2.05, 4.69) is 31.0 Å². The number of hydrogen-bond donors (Lipinski definition) is 2. The van der Waals surface area contributed by atoms with Gasteiger partial charge in [0.2, 0.25) is 10.0 Å². The maximum absolute atomic E-state index is 12.4. The summed E-state index contributed by atoms with van der Waals surface area (Å²) in [5.41, 5.74) is 0. The Morgan fingerprint density at radius 2 is 2.20 bits per heavy atom. The molecule has 0 aromatic carbocycles. The number of aromatic nitrogens is 1. The summed E-state index contributed by atoms with van der Waals surface area (Å²) in [5.74, 6) is 0.354. The highest BCUT2D eigenvalue weighted by atomic mass is 79.9. The molecule has 6 nitrogen and oxygen atoms in total. The van der Waals surface area contributed by atoms with Crippen molar-refractivity contribution >= 4 is 31.8 Å². The van der Waals surface area contributed by atoms with Crippen LogP contribution in [-0.4, -0.2) is 39.7 Å². The van der Waals surface area contributed by atoms with Gasteiger partial charge < -0.3 is 10.1 Å². The number of methoxy groups -OCH3 is 1. The van der Waals surface area contributed by atoms with Gasteiger partial charge in [-0.25, -0.2) is 18.1 Å². The van der Waals surface area contributed by atoms with E-state index in [0.29, 0.717) is 23.4 Å². The molecule has 114 valence electrons. The van der Waals surface area contributed by atoms with Gasteiger partial charge in [0, 0.05) is 30.4 Å². The average Bonchev–Trinajstić information content (AvgIpc) is 2.37. The Labute approximate surface area is 128 Å². The van der Waals surface area contributed by atoms with Crippen LogP contribution >= 0.6 is 15.9 Å². The van der Waals surface area contributed by atoms with Crippen LogP contribution in [0.25, 0.3) is 0 Å². The molecule has 0 aliphatic heterocycles. The highest BCUT2D eigenvalue weighted by Crippen LogP contribution is 2.23. The smallest absolute Gasteiger partial charge is 0.244 e.